The van der Waals surface area contributed by atoms with Gasteiger partial charge < -0.3 is 10.4 Å². The summed E-state index contributed by atoms with van der Waals surface area (Å²) in [6, 6.07) is 4.91. The first-order valence-corrected chi connectivity index (χ1v) is 6.94. The molecule has 0 radical (unpaired) electrons. The minimum atomic E-state index is -0.196. The van der Waals surface area contributed by atoms with Gasteiger partial charge in [-0.25, -0.2) is 4.39 Å². The van der Waals surface area contributed by atoms with E-state index in [2.05, 4.69) is 35.1 Å². The minimum Gasteiger partial charge on any atom is -0.396 e. The molecule has 0 aromatic heterocycles. The van der Waals surface area contributed by atoms with Crippen LogP contribution in [0.25, 0.3) is 0 Å². The SMILES string of the molecule is CC(NCC(C)(C)CCO)c1cc(Br)ccc1F. The van der Waals surface area contributed by atoms with Crippen molar-refractivity contribution in [3.8, 4) is 0 Å². The zero-order valence-electron chi connectivity index (χ0n) is 11.1. The average molecular weight is 318 g/mol. The Morgan fingerprint density at radius 1 is 1.44 bits per heavy atom. The molecule has 1 aromatic rings. The van der Waals surface area contributed by atoms with E-state index in [1.54, 1.807) is 12.1 Å². The molecule has 4 heteroatoms. The first-order chi connectivity index (χ1) is 8.35. The predicted molar refractivity (Wildman–Crippen MR) is 76.0 cm³/mol. The Balaban J connectivity index is 2.65. The molecule has 0 aliphatic rings. The number of nitrogens with one attached hydrogen (secondary N) is 1. The van der Waals surface area contributed by atoms with Crippen molar-refractivity contribution in [1.29, 1.82) is 0 Å². The molecule has 0 saturated heterocycles. The van der Waals surface area contributed by atoms with E-state index < -0.39 is 0 Å². The van der Waals surface area contributed by atoms with Crippen LogP contribution < -0.4 is 5.32 Å². The Morgan fingerprint density at radius 2 is 2.11 bits per heavy atom. The maximum atomic E-state index is 13.7. The fourth-order valence-corrected chi connectivity index (χ4v) is 2.16. The summed E-state index contributed by atoms with van der Waals surface area (Å²) in [7, 11) is 0. The third kappa shape index (κ3) is 4.67. The first kappa shape index (κ1) is 15.6. The standard InChI is InChI=1S/C14H21BrFNO/c1-10(17-9-14(2,3)6-7-18)12-8-11(15)4-5-13(12)16/h4-5,8,10,17-18H,6-7,9H2,1-3H3. The lowest BCUT2D eigenvalue weighted by Gasteiger charge is -2.26. The average Bonchev–Trinajstić information content (AvgIpc) is 2.29. The molecular weight excluding hydrogens is 297 g/mol. The lowest BCUT2D eigenvalue weighted by atomic mass is 9.89. The third-order valence-corrected chi connectivity index (χ3v) is 3.59. The molecule has 0 aliphatic heterocycles. The number of halogens is 2. The molecule has 0 bridgehead atoms. The van der Waals surface area contributed by atoms with E-state index in [-0.39, 0.29) is 23.9 Å². The van der Waals surface area contributed by atoms with Crippen molar-refractivity contribution in [2.75, 3.05) is 13.2 Å². The van der Waals surface area contributed by atoms with Gasteiger partial charge >= 0.3 is 0 Å². The second-order valence-corrected chi connectivity index (χ2v) is 6.32. The van der Waals surface area contributed by atoms with Gasteiger partial charge in [0.2, 0.25) is 0 Å². The number of aliphatic hydroxyl groups excluding tert-OH is 1. The Hall–Kier alpha value is -0.450. The highest BCUT2D eigenvalue weighted by Gasteiger charge is 2.19. The molecule has 0 saturated carbocycles. The van der Waals surface area contributed by atoms with Crippen molar-refractivity contribution in [2.45, 2.75) is 33.2 Å². The highest BCUT2D eigenvalue weighted by atomic mass is 79.9. The topological polar surface area (TPSA) is 32.3 Å². The normalized spacial score (nSPS) is 13.7. The van der Waals surface area contributed by atoms with Crippen molar-refractivity contribution in [1.82, 2.24) is 5.32 Å². The van der Waals surface area contributed by atoms with Crippen molar-refractivity contribution >= 4 is 15.9 Å². The van der Waals surface area contributed by atoms with Gasteiger partial charge in [-0.1, -0.05) is 29.8 Å². The van der Waals surface area contributed by atoms with Gasteiger partial charge in [-0.05, 0) is 37.0 Å². The molecule has 18 heavy (non-hydrogen) atoms. The molecule has 1 rings (SSSR count). The summed E-state index contributed by atoms with van der Waals surface area (Å²) in [5, 5.41) is 12.3. The second kappa shape index (κ2) is 6.64. The molecule has 0 amide bonds. The number of hydrogen-bond acceptors (Lipinski definition) is 2. The van der Waals surface area contributed by atoms with E-state index in [4.69, 9.17) is 5.11 Å². The van der Waals surface area contributed by atoms with Crippen molar-refractivity contribution in [3.63, 3.8) is 0 Å². The zero-order valence-corrected chi connectivity index (χ0v) is 12.7. The Morgan fingerprint density at radius 3 is 2.72 bits per heavy atom. The number of benzene rings is 1. The van der Waals surface area contributed by atoms with Gasteiger partial charge in [0.1, 0.15) is 5.82 Å². The number of aliphatic hydroxyl groups is 1. The van der Waals surface area contributed by atoms with E-state index in [0.29, 0.717) is 5.56 Å². The third-order valence-electron chi connectivity index (χ3n) is 3.10. The van der Waals surface area contributed by atoms with E-state index in [9.17, 15) is 4.39 Å². The monoisotopic (exact) mass is 317 g/mol. The zero-order chi connectivity index (χ0) is 13.8. The molecule has 102 valence electrons. The van der Waals surface area contributed by atoms with Crippen LogP contribution in [-0.2, 0) is 0 Å². The summed E-state index contributed by atoms with van der Waals surface area (Å²) < 4.78 is 14.6. The van der Waals surface area contributed by atoms with E-state index in [1.807, 2.05) is 6.92 Å². The number of hydrogen-bond donors (Lipinski definition) is 2. The van der Waals surface area contributed by atoms with Gasteiger partial charge in [-0.15, -0.1) is 0 Å². The Bertz CT molecular complexity index is 395. The molecule has 1 aromatic carbocycles. The summed E-state index contributed by atoms with van der Waals surface area (Å²) in [6.45, 7) is 7.02. The van der Waals surface area contributed by atoms with Crippen molar-refractivity contribution < 1.29 is 9.50 Å². The second-order valence-electron chi connectivity index (χ2n) is 5.41. The molecular formula is C14H21BrFNO. The maximum absolute atomic E-state index is 13.7. The van der Waals surface area contributed by atoms with Crippen LogP contribution in [0.3, 0.4) is 0 Å². The van der Waals surface area contributed by atoms with Gasteiger partial charge in [0.05, 0.1) is 0 Å². The van der Waals surface area contributed by atoms with E-state index in [1.165, 1.54) is 6.07 Å². The smallest absolute Gasteiger partial charge is 0.128 e. The summed E-state index contributed by atoms with van der Waals surface area (Å²) in [6.07, 6.45) is 0.730. The van der Waals surface area contributed by atoms with Gasteiger partial charge in [0, 0.05) is 29.2 Å². The summed E-state index contributed by atoms with van der Waals surface area (Å²) in [5.41, 5.74) is 0.662. The quantitative estimate of drug-likeness (QED) is 0.839. The minimum absolute atomic E-state index is 0.00546. The lowest BCUT2D eigenvalue weighted by Crippen LogP contribution is -2.32. The number of rotatable bonds is 6. The molecule has 1 unspecified atom stereocenters. The molecule has 1 atom stereocenters. The highest BCUT2D eigenvalue weighted by molar-refractivity contribution is 9.10. The Kier molecular flexibility index (Phi) is 5.76. The maximum Gasteiger partial charge on any atom is 0.128 e. The van der Waals surface area contributed by atoms with Crippen LogP contribution in [0.4, 0.5) is 4.39 Å². The molecule has 2 nitrogen and oxygen atoms in total. The van der Waals surface area contributed by atoms with Gasteiger partial charge in [-0.3, -0.25) is 0 Å². The van der Waals surface area contributed by atoms with Crippen molar-refractivity contribution in [2.24, 2.45) is 5.41 Å². The van der Waals surface area contributed by atoms with Gasteiger partial charge in [0.25, 0.3) is 0 Å². The molecule has 2 N–H and O–H groups in total. The van der Waals surface area contributed by atoms with Gasteiger partial charge in [0.15, 0.2) is 0 Å². The predicted octanol–water partition coefficient (Wildman–Crippen LogP) is 3.65. The fourth-order valence-electron chi connectivity index (χ4n) is 1.78. The summed E-state index contributed by atoms with van der Waals surface area (Å²) in [5.74, 6) is -0.196. The van der Waals surface area contributed by atoms with Crippen LogP contribution in [-0.4, -0.2) is 18.3 Å². The van der Waals surface area contributed by atoms with Crippen LogP contribution in [0.1, 0.15) is 38.8 Å². The lowest BCUT2D eigenvalue weighted by molar-refractivity contribution is 0.203. The van der Waals surface area contributed by atoms with Crippen LogP contribution in [0, 0.1) is 11.2 Å². The van der Waals surface area contributed by atoms with Crippen molar-refractivity contribution in [3.05, 3.63) is 34.1 Å². The molecule has 0 fully saturated rings. The highest BCUT2D eigenvalue weighted by Crippen LogP contribution is 2.24. The van der Waals surface area contributed by atoms with Gasteiger partial charge in [-0.2, -0.15) is 0 Å². The van der Waals surface area contributed by atoms with Crippen LogP contribution in [0.15, 0.2) is 22.7 Å². The fraction of sp³-hybridized carbons (Fsp3) is 0.571. The van der Waals surface area contributed by atoms with Crippen LogP contribution in [0.2, 0.25) is 0 Å². The largest absolute Gasteiger partial charge is 0.396 e. The van der Waals surface area contributed by atoms with Crippen LogP contribution >= 0.6 is 15.9 Å². The Labute approximate surface area is 117 Å². The summed E-state index contributed by atoms with van der Waals surface area (Å²) >= 11 is 3.35. The van der Waals surface area contributed by atoms with E-state index >= 15 is 0 Å². The van der Waals surface area contributed by atoms with E-state index in [0.717, 1.165) is 17.4 Å². The molecule has 0 spiro atoms. The van der Waals surface area contributed by atoms with Crippen LogP contribution in [0.5, 0.6) is 0 Å². The molecule has 0 aliphatic carbocycles. The summed E-state index contributed by atoms with van der Waals surface area (Å²) in [4.78, 5) is 0. The molecule has 0 heterocycles. The first-order valence-electron chi connectivity index (χ1n) is 6.15.